The fourth-order valence-electron chi connectivity index (χ4n) is 3.78. The molecule has 0 unspecified atom stereocenters. The van der Waals surface area contributed by atoms with E-state index >= 15 is 0 Å². The van der Waals surface area contributed by atoms with Gasteiger partial charge in [-0.05, 0) is 18.8 Å². The van der Waals surface area contributed by atoms with Gasteiger partial charge >= 0.3 is 6.03 Å². The Hall–Kier alpha value is -2.22. The lowest BCUT2D eigenvalue weighted by molar-refractivity contribution is 0.149. The van der Waals surface area contributed by atoms with Gasteiger partial charge in [-0.25, -0.2) is 19.7 Å². The van der Waals surface area contributed by atoms with Crippen LogP contribution in [0.5, 0.6) is 0 Å². The Morgan fingerprint density at radius 3 is 2.61 bits per heavy atom. The van der Waals surface area contributed by atoms with E-state index in [4.69, 9.17) is 0 Å². The number of hydrogen-bond acceptors (Lipinski definition) is 6. The average Bonchev–Trinajstić information content (AvgIpc) is 3.01. The quantitative estimate of drug-likeness (QED) is 0.838. The van der Waals surface area contributed by atoms with Crippen LogP contribution >= 0.6 is 11.3 Å². The first-order chi connectivity index (χ1) is 13.6. The van der Waals surface area contributed by atoms with Crippen molar-refractivity contribution in [3.05, 3.63) is 28.7 Å². The van der Waals surface area contributed by atoms with Crippen molar-refractivity contribution in [2.75, 3.05) is 25.0 Å². The molecule has 2 aliphatic rings. The summed E-state index contributed by atoms with van der Waals surface area (Å²) < 4.78 is 0. The molecule has 0 bridgehead atoms. The molecule has 4 heterocycles. The molecule has 2 aliphatic heterocycles. The number of carbonyl (C=O) groups excluding carboxylic acids is 1. The number of nitrogens with zero attached hydrogens (tertiary/aromatic N) is 5. The van der Waals surface area contributed by atoms with E-state index in [-0.39, 0.29) is 6.03 Å². The van der Waals surface area contributed by atoms with Gasteiger partial charge in [0.25, 0.3) is 0 Å². The number of carbonyl (C=O) groups is 1. The Kier molecular flexibility index (Phi) is 5.75. The number of urea groups is 1. The van der Waals surface area contributed by atoms with Crippen LogP contribution in [-0.2, 0) is 13.0 Å². The second kappa shape index (κ2) is 8.43. The number of anilines is 2. The number of nitrogens with one attached hydrogen (secondary N) is 1. The highest BCUT2D eigenvalue weighted by Crippen LogP contribution is 2.29. The third-order valence-electron chi connectivity index (χ3n) is 5.49. The third kappa shape index (κ3) is 4.11. The second-order valence-electron chi connectivity index (χ2n) is 7.86. The molecule has 2 aromatic heterocycles. The zero-order valence-corrected chi connectivity index (χ0v) is 17.5. The number of fused-ring (bicyclic) bond motifs is 1. The molecular weight excluding hydrogens is 372 g/mol. The first kappa shape index (κ1) is 19.1. The monoisotopic (exact) mass is 400 g/mol. The topological polar surface area (TPSA) is 74.2 Å². The molecular formula is C20H28N6OS. The van der Waals surface area contributed by atoms with Crippen LogP contribution in [-0.4, -0.2) is 50.4 Å². The minimum atomic E-state index is 0.152. The van der Waals surface area contributed by atoms with Crippen LogP contribution in [0.15, 0.2) is 11.7 Å². The average molecular weight is 401 g/mol. The van der Waals surface area contributed by atoms with Crippen LogP contribution < -0.4 is 5.32 Å². The highest BCUT2D eigenvalue weighted by molar-refractivity contribution is 7.13. The van der Waals surface area contributed by atoms with Gasteiger partial charge in [-0.15, -0.1) is 11.3 Å². The van der Waals surface area contributed by atoms with E-state index in [0.717, 1.165) is 60.3 Å². The van der Waals surface area contributed by atoms with E-state index in [9.17, 15) is 4.79 Å². The van der Waals surface area contributed by atoms with E-state index in [2.05, 4.69) is 39.5 Å². The summed E-state index contributed by atoms with van der Waals surface area (Å²) in [4.78, 5) is 30.6. The van der Waals surface area contributed by atoms with Gasteiger partial charge in [0.15, 0.2) is 5.13 Å². The molecule has 7 nitrogen and oxygen atoms in total. The molecule has 1 N–H and O–H groups in total. The summed E-state index contributed by atoms with van der Waals surface area (Å²) in [5.74, 6) is 1.16. The van der Waals surface area contributed by atoms with Gasteiger partial charge in [0.05, 0.1) is 17.9 Å². The number of thiazole rings is 1. The lowest BCUT2D eigenvalue weighted by Gasteiger charge is -2.33. The lowest BCUT2D eigenvalue weighted by atomic mass is 10.1. The SMILES string of the molecule is CC(C)c1csc(Nc2ncnc3c2CN(C(=O)N2CCCCCC2)CC3)n1. The van der Waals surface area contributed by atoms with E-state index in [1.807, 2.05) is 9.80 Å². The molecule has 2 amide bonds. The van der Waals surface area contributed by atoms with Gasteiger partial charge < -0.3 is 15.1 Å². The Morgan fingerprint density at radius 2 is 1.89 bits per heavy atom. The van der Waals surface area contributed by atoms with Crippen molar-refractivity contribution in [2.45, 2.75) is 58.4 Å². The summed E-state index contributed by atoms with van der Waals surface area (Å²) in [7, 11) is 0. The maximum atomic E-state index is 13.0. The minimum absolute atomic E-state index is 0.152. The lowest BCUT2D eigenvalue weighted by Crippen LogP contribution is -2.46. The van der Waals surface area contributed by atoms with Crippen molar-refractivity contribution < 1.29 is 4.79 Å². The maximum absolute atomic E-state index is 13.0. The van der Waals surface area contributed by atoms with Crippen molar-refractivity contribution in [2.24, 2.45) is 0 Å². The van der Waals surface area contributed by atoms with Crippen LogP contribution in [0.3, 0.4) is 0 Å². The Bertz CT molecular complexity index is 828. The van der Waals surface area contributed by atoms with E-state index in [1.54, 1.807) is 17.7 Å². The number of amides is 2. The third-order valence-corrected chi connectivity index (χ3v) is 6.26. The molecule has 0 aliphatic carbocycles. The molecule has 0 atom stereocenters. The zero-order chi connectivity index (χ0) is 19.5. The highest BCUT2D eigenvalue weighted by Gasteiger charge is 2.28. The van der Waals surface area contributed by atoms with E-state index < -0.39 is 0 Å². The van der Waals surface area contributed by atoms with Gasteiger partial charge in [0, 0.05) is 37.0 Å². The van der Waals surface area contributed by atoms with Crippen molar-refractivity contribution in [3.63, 3.8) is 0 Å². The summed E-state index contributed by atoms with van der Waals surface area (Å²) in [5, 5.41) is 6.27. The fraction of sp³-hybridized carbons (Fsp3) is 0.600. The van der Waals surface area contributed by atoms with Gasteiger partial charge in [-0.1, -0.05) is 26.7 Å². The molecule has 0 saturated carbocycles. The van der Waals surface area contributed by atoms with Gasteiger partial charge in [0.2, 0.25) is 0 Å². The molecule has 0 radical (unpaired) electrons. The maximum Gasteiger partial charge on any atom is 0.320 e. The number of aromatic nitrogens is 3. The molecule has 0 aromatic carbocycles. The second-order valence-corrected chi connectivity index (χ2v) is 8.72. The predicted octanol–water partition coefficient (Wildman–Crippen LogP) is 4.15. The summed E-state index contributed by atoms with van der Waals surface area (Å²) in [5.41, 5.74) is 3.12. The molecule has 1 saturated heterocycles. The van der Waals surface area contributed by atoms with Crippen molar-refractivity contribution >= 4 is 28.3 Å². The minimum Gasteiger partial charge on any atom is -0.325 e. The van der Waals surface area contributed by atoms with Crippen molar-refractivity contribution in [1.29, 1.82) is 0 Å². The zero-order valence-electron chi connectivity index (χ0n) is 16.6. The van der Waals surface area contributed by atoms with Gasteiger partial charge in [0.1, 0.15) is 12.1 Å². The predicted molar refractivity (Wildman–Crippen MR) is 111 cm³/mol. The van der Waals surface area contributed by atoms with E-state index in [0.29, 0.717) is 19.0 Å². The number of hydrogen-bond donors (Lipinski definition) is 1. The summed E-state index contributed by atoms with van der Waals surface area (Å²) in [6.45, 7) is 7.28. The number of rotatable bonds is 3. The highest BCUT2D eigenvalue weighted by atomic mass is 32.1. The van der Waals surface area contributed by atoms with Gasteiger partial charge in [-0.3, -0.25) is 0 Å². The molecule has 8 heteroatoms. The van der Waals surface area contributed by atoms with Crippen molar-refractivity contribution in [1.82, 2.24) is 24.8 Å². The molecule has 2 aromatic rings. The standard InChI is InChI=1S/C20H28N6OS/c1-14(2)17-12-28-19(23-17)24-18-15-11-26(10-7-16(15)21-13-22-18)20(27)25-8-5-3-4-6-9-25/h12-14H,3-11H2,1-2H3,(H,21,22,23,24). The molecule has 28 heavy (non-hydrogen) atoms. The summed E-state index contributed by atoms with van der Waals surface area (Å²) in [6, 6.07) is 0.152. The number of likely N-dealkylation sites (tertiary alicyclic amines) is 1. The smallest absolute Gasteiger partial charge is 0.320 e. The van der Waals surface area contributed by atoms with Crippen LogP contribution in [0, 0.1) is 0 Å². The molecule has 0 spiro atoms. The first-order valence-electron chi connectivity index (χ1n) is 10.2. The fourth-order valence-corrected chi connectivity index (χ4v) is 4.66. The van der Waals surface area contributed by atoms with Crippen LogP contribution in [0.4, 0.5) is 15.7 Å². The summed E-state index contributed by atoms with van der Waals surface area (Å²) in [6.07, 6.45) is 7.02. The van der Waals surface area contributed by atoms with E-state index in [1.165, 1.54) is 12.8 Å². The molecule has 4 rings (SSSR count). The van der Waals surface area contributed by atoms with Crippen LogP contribution in [0.2, 0.25) is 0 Å². The van der Waals surface area contributed by atoms with Gasteiger partial charge in [-0.2, -0.15) is 0 Å². The Morgan fingerprint density at radius 1 is 1.11 bits per heavy atom. The molecule has 150 valence electrons. The van der Waals surface area contributed by atoms with Crippen LogP contribution in [0.25, 0.3) is 0 Å². The normalized spacial score (nSPS) is 17.4. The molecule has 1 fully saturated rings. The Balaban J connectivity index is 1.51. The van der Waals surface area contributed by atoms with Crippen molar-refractivity contribution in [3.8, 4) is 0 Å². The summed E-state index contributed by atoms with van der Waals surface area (Å²) >= 11 is 1.58. The first-order valence-corrected chi connectivity index (χ1v) is 11.1. The Labute approximate surface area is 170 Å². The largest absolute Gasteiger partial charge is 0.325 e. The van der Waals surface area contributed by atoms with Crippen LogP contribution in [0.1, 0.15) is 62.4 Å².